The number of pyridine rings is 1. The lowest BCUT2D eigenvalue weighted by molar-refractivity contribution is 0.0937. The van der Waals surface area contributed by atoms with Crippen molar-refractivity contribution in [2.24, 2.45) is 0 Å². The van der Waals surface area contributed by atoms with Crippen LogP contribution in [0.5, 0.6) is 0 Å². The summed E-state index contributed by atoms with van der Waals surface area (Å²) in [6.45, 7) is 3.98. The highest BCUT2D eigenvalue weighted by Gasteiger charge is 2.11. The molecule has 0 radical (unpaired) electrons. The van der Waals surface area contributed by atoms with Gasteiger partial charge in [-0.15, -0.1) is 0 Å². The number of H-pyrrole nitrogens is 1. The van der Waals surface area contributed by atoms with Gasteiger partial charge in [-0.2, -0.15) is 0 Å². The Balaban J connectivity index is 2.70. The SMILES string of the molecule is CCCC(C)NC(=O)c1c[nH]ccc1=O. The van der Waals surface area contributed by atoms with E-state index in [0.29, 0.717) is 0 Å². The standard InChI is InChI=1S/C11H16N2O2/c1-3-4-8(2)13-11(15)9-7-12-6-5-10(9)14/h5-8H,3-4H2,1-2H3,(H,12,14)(H,13,15). The molecular formula is C11H16N2O2. The molecule has 0 aliphatic heterocycles. The molecule has 1 rings (SSSR count). The fourth-order valence-electron chi connectivity index (χ4n) is 1.40. The number of hydrogen-bond acceptors (Lipinski definition) is 2. The smallest absolute Gasteiger partial charge is 0.256 e. The predicted octanol–water partition coefficient (Wildman–Crippen LogP) is 1.29. The number of carbonyl (C=O) groups excluding carboxylic acids is 1. The topological polar surface area (TPSA) is 62.0 Å². The summed E-state index contributed by atoms with van der Waals surface area (Å²) in [5.74, 6) is -0.308. The average molecular weight is 208 g/mol. The molecule has 1 amide bonds. The van der Waals surface area contributed by atoms with Crippen LogP contribution in [-0.4, -0.2) is 16.9 Å². The second-order valence-corrected chi connectivity index (χ2v) is 3.59. The number of carbonyl (C=O) groups is 1. The second-order valence-electron chi connectivity index (χ2n) is 3.59. The van der Waals surface area contributed by atoms with Gasteiger partial charge in [-0.3, -0.25) is 9.59 Å². The summed E-state index contributed by atoms with van der Waals surface area (Å²) < 4.78 is 0. The summed E-state index contributed by atoms with van der Waals surface area (Å²) >= 11 is 0. The lowest BCUT2D eigenvalue weighted by atomic mass is 10.2. The summed E-state index contributed by atoms with van der Waals surface area (Å²) in [6, 6.07) is 1.45. The molecule has 4 heteroatoms. The Bertz CT molecular complexity index is 384. The highest BCUT2D eigenvalue weighted by Crippen LogP contribution is 1.96. The van der Waals surface area contributed by atoms with Crippen LogP contribution in [0.25, 0.3) is 0 Å². The summed E-state index contributed by atoms with van der Waals surface area (Å²) in [5, 5.41) is 2.78. The monoisotopic (exact) mass is 208 g/mol. The van der Waals surface area contributed by atoms with Gasteiger partial charge in [0.05, 0.1) is 0 Å². The first-order chi connectivity index (χ1) is 7.15. The Labute approximate surface area is 88.7 Å². The van der Waals surface area contributed by atoms with Crippen molar-refractivity contribution in [2.45, 2.75) is 32.7 Å². The molecule has 0 saturated heterocycles. The third-order valence-corrected chi connectivity index (χ3v) is 2.17. The molecule has 0 aliphatic carbocycles. The van der Waals surface area contributed by atoms with E-state index in [1.54, 1.807) is 0 Å². The van der Waals surface area contributed by atoms with E-state index in [2.05, 4.69) is 17.2 Å². The van der Waals surface area contributed by atoms with Gasteiger partial charge in [0.15, 0.2) is 5.43 Å². The zero-order valence-corrected chi connectivity index (χ0v) is 9.04. The van der Waals surface area contributed by atoms with E-state index in [9.17, 15) is 9.59 Å². The van der Waals surface area contributed by atoms with E-state index in [4.69, 9.17) is 0 Å². The van der Waals surface area contributed by atoms with Crippen LogP contribution in [0, 0.1) is 0 Å². The first kappa shape index (κ1) is 11.5. The average Bonchev–Trinajstić information content (AvgIpc) is 2.18. The van der Waals surface area contributed by atoms with Crippen LogP contribution in [0.3, 0.4) is 0 Å². The molecule has 82 valence electrons. The predicted molar refractivity (Wildman–Crippen MR) is 58.9 cm³/mol. The van der Waals surface area contributed by atoms with Gasteiger partial charge in [-0.1, -0.05) is 13.3 Å². The molecule has 0 saturated carbocycles. The number of aromatic amines is 1. The largest absolute Gasteiger partial charge is 0.367 e. The maximum absolute atomic E-state index is 11.6. The molecule has 1 atom stereocenters. The molecule has 0 aliphatic rings. The fraction of sp³-hybridized carbons (Fsp3) is 0.455. The maximum atomic E-state index is 11.6. The van der Waals surface area contributed by atoms with Crippen LogP contribution in [-0.2, 0) is 0 Å². The molecule has 1 aromatic rings. The van der Waals surface area contributed by atoms with E-state index < -0.39 is 0 Å². The summed E-state index contributed by atoms with van der Waals surface area (Å²) in [7, 11) is 0. The zero-order valence-electron chi connectivity index (χ0n) is 9.04. The van der Waals surface area contributed by atoms with Crippen LogP contribution in [0.4, 0.5) is 0 Å². The van der Waals surface area contributed by atoms with Crippen molar-refractivity contribution in [1.82, 2.24) is 10.3 Å². The highest BCUT2D eigenvalue weighted by molar-refractivity contribution is 5.93. The van der Waals surface area contributed by atoms with Crippen molar-refractivity contribution in [3.63, 3.8) is 0 Å². The van der Waals surface area contributed by atoms with Gasteiger partial charge < -0.3 is 10.3 Å². The van der Waals surface area contributed by atoms with Crippen LogP contribution in [0.15, 0.2) is 23.3 Å². The number of aromatic nitrogens is 1. The number of nitrogens with one attached hydrogen (secondary N) is 2. The summed E-state index contributed by atoms with van der Waals surface area (Å²) in [6.07, 6.45) is 4.86. The van der Waals surface area contributed by atoms with Crippen molar-refractivity contribution >= 4 is 5.91 Å². The van der Waals surface area contributed by atoms with Crippen LogP contribution in [0.2, 0.25) is 0 Å². The number of hydrogen-bond donors (Lipinski definition) is 2. The van der Waals surface area contributed by atoms with E-state index in [1.165, 1.54) is 18.5 Å². The molecule has 1 aromatic heterocycles. The highest BCUT2D eigenvalue weighted by atomic mass is 16.2. The Morgan fingerprint density at radius 1 is 1.60 bits per heavy atom. The molecule has 0 spiro atoms. The van der Waals surface area contributed by atoms with Crippen LogP contribution >= 0.6 is 0 Å². The molecule has 1 heterocycles. The first-order valence-electron chi connectivity index (χ1n) is 5.13. The quantitative estimate of drug-likeness (QED) is 0.783. The Morgan fingerprint density at radius 3 is 2.93 bits per heavy atom. The van der Waals surface area contributed by atoms with Gasteiger partial charge in [0.1, 0.15) is 5.56 Å². The van der Waals surface area contributed by atoms with E-state index in [0.717, 1.165) is 12.8 Å². The van der Waals surface area contributed by atoms with Gasteiger partial charge in [0, 0.05) is 24.5 Å². The van der Waals surface area contributed by atoms with Crippen molar-refractivity contribution in [1.29, 1.82) is 0 Å². The van der Waals surface area contributed by atoms with Gasteiger partial charge in [-0.25, -0.2) is 0 Å². The molecule has 0 bridgehead atoms. The summed E-state index contributed by atoms with van der Waals surface area (Å²) in [4.78, 5) is 25.7. The second kappa shape index (κ2) is 5.34. The molecule has 1 unspecified atom stereocenters. The van der Waals surface area contributed by atoms with Crippen molar-refractivity contribution in [3.8, 4) is 0 Å². The molecule has 2 N–H and O–H groups in total. The van der Waals surface area contributed by atoms with Crippen LogP contribution < -0.4 is 10.7 Å². The number of rotatable bonds is 4. The maximum Gasteiger partial charge on any atom is 0.256 e. The van der Waals surface area contributed by atoms with Crippen molar-refractivity contribution < 1.29 is 4.79 Å². The van der Waals surface area contributed by atoms with Gasteiger partial charge >= 0.3 is 0 Å². The lowest BCUT2D eigenvalue weighted by Gasteiger charge is -2.11. The minimum Gasteiger partial charge on any atom is -0.367 e. The molecule has 0 fully saturated rings. The number of amides is 1. The minimum absolute atomic E-state index is 0.0992. The Kier molecular flexibility index (Phi) is 4.09. The molecule has 15 heavy (non-hydrogen) atoms. The van der Waals surface area contributed by atoms with Crippen molar-refractivity contribution in [3.05, 3.63) is 34.2 Å². The van der Waals surface area contributed by atoms with E-state index in [1.807, 2.05) is 6.92 Å². The zero-order chi connectivity index (χ0) is 11.3. The van der Waals surface area contributed by atoms with Gasteiger partial charge in [-0.05, 0) is 13.3 Å². The van der Waals surface area contributed by atoms with Gasteiger partial charge in [0.2, 0.25) is 0 Å². The Morgan fingerprint density at radius 2 is 2.33 bits per heavy atom. The fourth-order valence-corrected chi connectivity index (χ4v) is 1.40. The first-order valence-corrected chi connectivity index (χ1v) is 5.13. The van der Waals surface area contributed by atoms with E-state index >= 15 is 0 Å². The van der Waals surface area contributed by atoms with Gasteiger partial charge in [0.25, 0.3) is 5.91 Å². The molecule has 0 aromatic carbocycles. The molecular weight excluding hydrogens is 192 g/mol. The third-order valence-electron chi connectivity index (χ3n) is 2.17. The lowest BCUT2D eigenvalue weighted by Crippen LogP contribution is -2.35. The van der Waals surface area contributed by atoms with Crippen LogP contribution in [0.1, 0.15) is 37.0 Å². The Hall–Kier alpha value is -1.58. The van der Waals surface area contributed by atoms with Crippen molar-refractivity contribution in [2.75, 3.05) is 0 Å². The molecule has 4 nitrogen and oxygen atoms in total. The summed E-state index contributed by atoms with van der Waals surface area (Å²) in [5.41, 5.74) is -0.0876. The minimum atomic E-state index is -0.308. The third kappa shape index (κ3) is 3.23. The normalized spacial score (nSPS) is 12.1. The van der Waals surface area contributed by atoms with E-state index in [-0.39, 0.29) is 22.9 Å².